The highest BCUT2D eigenvalue weighted by Crippen LogP contribution is 2.33. The van der Waals surface area contributed by atoms with E-state index in [2.05, 4.69) is 27.6 Å². The van der Waals surface area contributed by atoms with E-state index in [1.165, 1.54) is 11.3 Å². The molecule has 0 bridgehead atoms. The summed E-state index contributed by atoms with van der Waals surface area (Å²) in [6.45, 7) is 0. The zero-order valence-corrected chi connectivity index (χ0v) is 12.4. The standard InChI is InChI=1S/C10H6Cl2INOS/c11-5-8-9(12)14-10(16-8)15-7-3-1-2-6(13)4-7/h1-4H,5H2. The summed E-state index contributed by atoms with van der Waals surface area (Å²) >= 11 is 15.2. The third-order valence-electron chi connectivity index (χ3n) is 1.75. The van der Waals surface area contributed by atoms with Gasteiger partial charge in [-0.3, -0.25) is 0 Å². The first-order valence-corrected chi connectivity index (χ1v) is 7.14. The molecule has 1 aromatic carbocycles. The summed E-state index contributed by atoms with van der Waals surface area (Å²) in [7, 11) is 0. The molecule has 0 atom stereocenters. The summed E-state index contributed by atoms with van der Waals surface area (Å²) < 4.78 is 6.69. The molecule has 84 valence electrons. The molecule has 0 fully saturated rings. The smallest absolute Gasteiger partial charge is 0.280 e. The third-order valence-corrected chi connectivity index (χ3v) is 4.21. The van der Waals surface area contributed by atoms with E-state index in [0.717, 1.165) is 14.2 Å². The van der Waals surface area contributed by atoms with Gasteiger partial charge in [0.2, 0.25) is 0 Å². The Bertz CT molecular complexity index is 503. The molecule has 2 aromatic rings. The second kappa shape index (κ2) is 5.53. The predicted octanol–water partition coefficient (Wildman–Crippen LogP) is 4.93. The highest BCUT2D eigenvalue weighted by atomic mass is 127. The van der Waals surface area contributed by atoms with Crippen molar-refractivity contribution < 1.29 is 4.74 Å². The molecule has 2 rings (SSSR count). The monoisotopic (exact) mass is 385 g/mol. The predicted molar refractivity (Wildman–Crippen MR) is 75.9 cm³/mol. The fraction of sp³-hybridized carbons (Fsp3) is 0.100. The van der Waals surface area contributed by atoms with Gasteiger partial charge in [-0.25, -0.2) is 0 Å². The van der Waals surface area contributed by atoms with E-state index >= 15 is 0 Å². The SMILES string of the molecule is ClCc1sc(Oc2cccc(I)c2)nc1Cl. The van der Waals surface area contributed by atoms with E-state index in [1.807, 2.05) is 24.3 Å². The average Bonchev–Trinajstić information content (AvgIpc) is 2.58. The number of nitrogens with zero attached hydrogens (tertiary/aromatic N) is 1. The number of hydrogen-bond donors (Lipinski definition) is 0. The Kier molecular flexibility index (Phi) is 4.29. The number of ether oxygens (including phenoxy) is 1. The van der Waals surface area contributed by atoms with Crippen molar-refractivity contribution in [1.82, 2.24) is 4.98 Å². The number of alkyl halides is 1. The average molecular weight is 386 g/mol. The van der Waals surface area contributed by atoms with Gasteiger partial charge in [-0.05, 0) is 40.8 Å². The molecule has 16 heavy (non-hydrogen) atoms. The Balaban J connectivity index is 2.20. The van der Waals surface area contributed by atoms with Gasteiger partial charge >= 0.3 is 0 Å². The van der Waals surface area contributed by atoms with Crippen LogP contribution >= 0.6 is 57.1 Å². The van der Waals surface area contributed by atoms with Crippen LogP contribution in [-0.4, -0.2) is 4.98 Å². The zero-order valence-electron chi connectivity index (χ0n) is 7.91. The van der Waals surface area contributed by atoms with E-state index in [1.54, 1.807) is 0 Å². The van der Waals surface area contributed by atoms with Crippen LogP contribution < -0.4 is 4.74 Å². The van der Waals surface area contributed by atoms with Gasteiger partial charge in [0.1, 0.15) is 10.9 Å². The molecule has 6 heteroatoms. The van der Waals surface area contributed by atoms with E-state index in [0.29, 0.717) is 16.2 Å². The molecule has 0 aliphatic heterocycles. The van der Waals surface area contributed by atoms with Gasteiger partial charge in [-0.15, -0.1) is 11.6 Å². The van der Waals surface area contributed by atoms with E-state index in [4.69, 9.17) is 27.9 Å². The van der Waals surface area contributed by atoms with Gasteiger partial charge in [0, 0.05) is 3.57 Å². The van der Waals surface area contributed by atoms with Gasteiger partial charge < -0.3 is 4.74 Å². The molecule has 0 aliphatic carbocycles. The summed E-state index contributed by atoms with van der Waals surface area (Å²) in [5.74, 6) is 1.10. The summed E-state index contributed by atoms with van der Waals surface area (Å²) in [5, 5.41) is 0.934. The van der Waals surface area contributed by atoms with Crippen LogP contribution in [-0.2, 0) is 5.88 Å². The maximum atomic E-state index is 5.88. The molecule has 0 spiro atoms. The molecule has 1 aromatic heterocycles. The molecular formula is C10H6Cl2INOS. The summed E-state index contributed by atoms with van der Waals surface area (Å²) in [6.07, 6.45) is 0. The lowest BCUT2D eigenvalue weighted by Crippen LogP contribution is -1.82. The van der Waals surface area contributed by atoms with E-state index in [9.17, 15) is 0 Å². The first-order chi connectivity index (χ1) is 7.69. The number of rotatable bonds is 3. The van der Waals surface area contributed by atoms with Crippen molar-refractivity contribution in [1.29, 1.82) is 0 Å². The van der Waals surface area contributed by atoms with Crippen molar-refractivity contribution in [3.05, 3.63) is 37.9 Å². The van der Waals surface area contributed by atoms with Crippen molar-refractivity contribution in [2.75, 3.05) is 0 Å². The molecule has 0 saturated carbocycles. The highest BCUT2D eigenvalue weighted by molar-refractivity contribution is 14.1. The second-order valence-electron chi connectivity index (χ2n) is 2.89. The summed E-state index contributed by atoms with van der Waals surface area (Å²) in [5.41, 5.74) is 0. The Hall–Kier alpha value is -0.0400. The van der Waals surface area contributed by atoms with Gasteiger partial charge in [0.05, 0.1) is 10.8 Å². The minimum Gasteiger partial charge on any atom is -0.431 e. The first kappa shape index (κ1) is 12.4. The number of halogens is 3. The van der Waals surface area contributed by atoms with Crippen LogP contribution in [0.25, 0.3) is 0 Å². The van der Waals surface area contributed by atoms with Crippen molar-refractivity contribution in [2.24, 2.45) is 0 Å². The van der Waals surface area contributed by atoms with Crippen LogP contribution in [0.1, 0.15) is 4.88 Å². The lowest BCUT2D eigenvalue weighted by Gasteiger charge is -2.00. The number of thiazole rings is 1. The van der Waals surface area contributed by atoms with Gasteiger partial charge in [-0.1, -0.05) is 29.0 Å². The normalized spacial score (nSPS) is 10.4. The lowest BCUT2D eigenvalue weighted by atomic mass is 10.3. The lowest BCUT2D eigenvalue weighted by molar-refractivity contribution is 0.478. The van der Waals surface area contributed by atoms with Gasteiger partial charge in [0.15, 0.2) is 0 Å². The molecule has 0 aliphatic rings. The minimum atomic E-state index is 0.353. The van der Waals surface area contributed by atoms with E-state index < -0.39 is 0 Å². The first-order valence-electron chi connectivity index (χ1n) is 4.33. The van der Waals surface area contributed by atoms with Crippen LogP contribution in [0.15, 0.2) is 24.3 Å². The summed E-state index contributed by atoms with van der Waals surface area (Å²) in [4.78, 5) is 4.90. The Morgan fingerprint density at radius 3 is 2.88 bits per heavy atom. The number of hydrogen-bond acceptors (Lipinski definition) is 3. The van der Waals surface area contributed by atoms with Crippen molar-refractivity contribution >= 4 is 57.1 Å². The van der Waals surface area contributed by atoms with Crippen molar-refractivity contribution in [3.63, 3.8) is 0 Å². The molecule has 0 unspecified atom stereocenters. The fourth-order valence-electron chi connectivity index (χ4n) is 1.07. The molecule has 0 radical (unpaired) electrons. The van der Waals surface area contributed by atoms with Crippen LogP contribution in [0.5, 0.6) is 10.9 Å². The number of benzene rings is 1. The highest BCUT2D eigenvalue weighted by Gasteiger charge is 2.09. The van der Waals surface area contributed by atoms with Crippen molar-refractivity contribution in [3.8, 4) is 10.9 Å². The van der Waals surface area contributed by atoms with Crippen LogP contribution in [0.2, 0.25) is 5.15 Å². The molecule has 0 saturated heterocycles. The van der Waals surface area contributed by atoms with Crippen molar-refractivity contribution in [2.45, 2.75) is 5.88 Å². The Morgan fingerprint density at radius 2 is 2.25 bits per heavy atom. The van der Waals surface area contributed by atoms with E-state index in [-0.39, 0.29) is 0 Å². The quantitative estimate of drug-likeness (QED) is 0.551. The number of aromatic nitrogens is 1. The van der Waals surface area contributed by atoms with Crippen LogP contribution in [0.4, 0.5) is 0 Å². The third kappa shape index (κ3) is 3.00. The molecule has 2 nitrogen and oxygen atoms in total. The van der Waals surface area contributed by atoms with Crippen LogP contribution in [0, 0.1) is 3.57 Å². The largest absolute Gasteiger partial charge is 0.431 e. The molecular weight excluding hydrogens is 380 g/mol. The maximum absolute atomic E-state index is 5.88. The fourth-order valence-corrected chi connectivity index (χ4v) is 2.92. The second-order valence-corrected chi connectivity index (χ2v) is 5.80. The van der Waals surface area contributed by atoms with Crippen LogP contribution in [0.3, 0.4) is 0 Å². The molecule has 0 N–H and O–H groups in total. The summed E-state index contributed by atoms with van der Waals surface area (Å²) in [6, 6.07) is 7.72. The van der Waals surface area contributed by atoms with Gasteiger partial charge in [0.25, 0.3) is 5.19 Å². The van der Waals surface area contributed by atoms with Gasteiger partial charge in [-0.2, -0.15) is 4.98 Å². The minimum absolute atomic E-state index is 0.353. The molecule has 1 heterocycles. The topological polar surface area (TPSA) is 22.1 Å². The molecule has 0 amide bonds. The Morgan fingerprint density at radius 1 is 1.44 bits per heavy atom. The Labute approximate surface area is 121 Å². The maximum Gasteiger partial charge on any atom is 0.280 e. The zero-order chi connectivity index (χ0) is 11.5.